The van der Waals surface area contributed by atoms with Crippen molar-refractivity contribution in [3.05, 3.63) is 53.6 Å². The molecular formula is C29H42F3N5O5S. The number of aliphatic carboxylic acids is 1. The molecule has 1 aliphatic rings. The van der Waals surface area contributed by atoms with Crippen LogP contribution < -0.4 is 14.9 Å². The minimum atomic E-state index is -5.08. The van der Waals surface area contributed by atoms with E-state index < -0.39 is 22.2 Å². The largest absolute Gasteiger partial charge is 0.490 e. The molecule has 1 fully saturated rings. The zero-order valence-corrected chi connectivity index (χ0v) is 26.1. The topological polar surface area (TPSA) is 122 Å². The summed E-state index contributed by atoms with van der Waals surface area (Å²) in [5, 5.41) is 10.5. The van der Waals surface area contributed by atoms with Gasteiger partial charge in [0.25, 0.3) is 15.9 Å². The summed E-state index contributed by atoms with van der Waals surface area (Å²) in [6, 6.07) is 12.4. The summed E-state index contributed by atoms with van der Waals surface area (Å²) < 4.78 is 61.3. The predicted molar refractivity (Wildman–Crippen MR) is 161 cm³/mol. The first-order valence-corrected chi connectivity index (χ1v) is 15.5. The lowest BCUT2D eigenvalue weighted by atomic mass is 10.0. The molecule has 0 atom stereocenters. The van der Waals surface area contributed by atoms with Crippen molar-refractivity contribution in [1.29, 1.82) is 0 Å². The molecule has 14 heteroatoms. The fraction of sp³-hybridized carbons (Fsp3) is 0.517. The molecule has 43 heavy (non-hydrogen) atoms. The molecule has 0 bridgehead atoms. The maximum absolute atomic E-state index is 13.4. The average molecular weight is 630 g/mol. The van der Waals surface area contributed by atoms with Crippen LogP contribution in [0.2, 0.25) is 0 Å². The van der Waals surface area contributed by atoms with Crippen LogP contribution in [-0.2, 0) is 21.2 Å². The number of carboxylic acid groups (broad SMARTS) is 1. The van der Waals surface area contributed by atoms with Crippen molar-refractivity contribution in [2.24, 2.45) is 5.92 Å². The van der Waals surface area contributed by atoms with E-state index in [2.05, 4.69) is 28.8 Å². The third kappa shape index (κ3) is 11.3. The fourth-order valence-corrected chi connectivity index (χ4v) is 5.38. The number of likely N-dealkylation sites (N-methyl/N-ethyl adjacent to an activating group) is 2. The Kier molecular flexibility index (Phi) is 13.3. The number of carbonyl (C=O) groups is 2. The van der Waals surface area contributed by atoms with Crippen molar-refractivity contribution in [3.63, 3.8) is 0 Å². The van der Waals surface area contributed by atoms with E-state index in [0.717, 1.165) is 50.4 Å². The van der Waals surface area contributed by atoms with E-state index in [4.69, 9.17) is 9.90 Å². The summed E-state index contributed by atoms with van der Waals surface area (Å²) in [5.41, 5.74) is 2.79. The number of carbonyl (C=O) groups excluding carboxylic acids is 1. The second kappa shape index (κ2) is 15.9. The van der Waals surface area contributed by atoms with Gasteiger partial charge in [-0.2, -0.15) is 13.2 Å². The number of alkyl halides is 3. The van der Waals surface area contributed by atoms with Gasteiger partial charge < -0.3 is 25.1 Å². The quantitative estimate of drug-likeness (QED) is 0.344. The number of nitrogens with zero attached hydrogens (tertiary/aromatic N) is 3. The molecule has 0 radical (unpaired) electrons. The second-order valence-corrected chi connectivity index (χ2v) is 12.5. The Balaban J connectivity index is 0.000000821. The molecule has 0 unspecified atom stereocenters. The Morgan fingerprint density at radius 3 is 2.12 bits per heavy atom. The second-order valence-electron chi connectivity index (χ2n) is 10.8. The normalized spacial score (nSPS) is 13.9. The van der Waals surface area contributed by atoms with Crippen molar-refractivity contribution in [2.75, 3.05) is 69.5 Å². The summed E-state index contributed by atoms with van der Waals surface area (Å²) in [7, 11) is 0.117. The Morgan fingerprint density at radius 1 is 1.05 bits per heavy atom. The highest BCUT2D eigenvalue weighted by Gasteiger charge is 2.38. The van der Waals surface area contributed by atoms with Gasteiger partial charge in [-0.1, -0.05) is 26.0 Å². The molecule has 1 saturated heterocycles. The van der Waals surface area contributed by atoms with Gasteiger partial charge in [-0.15, -0.1) is 0 Å². The number of nitrogens with one attached hydrogen (secondary N) is 2. The van der Waals surface area contributed by atoms with Gasteiger partial charge in [0.1, 0.15) is 0 Å². The third-order valence-corrected chi connectivity index (χ3v) is 7.93. The molecular weight excluding hydrogens is 587 g/mol. The van der Waals surface area contributed by atoms with Crippen LogP contribution in [0.1, 0.15) is 36.7 Å². The van der Waals surface area contributed by atoms with Crippen LogP contribution in [0.3, 0.4) is 0 Å². The minimum Gasteiger partial charge on any atom is -0.475 e. The molecule has 3 N–H and O–H groups in total. The molecule has 2 aromatic rings. The van der Waals surface area contributed by atoms with Gasteiger partial charge in [-0.3, -0.25) is 9.52 Å². The van der Waals surface area contributed by atoms with Gasteiger partial charge in [0.15, 0.2) is 0 Å². The lowest BCUT2D eigenvalue weighted by Gasteiger charge is -2.31. The fourth-order valence-electron chi connectivity index (χ4n) is 4.32. The van der Waals surface area contributed by atoms with E-state index in [1.165, 1.54) is 0 Å². The first-order valence-electron chi connectivity index (χ1n) is 14.0. The van der Waals surface area contributed by atoms with E-state index in [1.54, 1.807) is 29.2 Å². The zero-order valence-electron chi connectivity index (χ0n) is 25.2. The van der Waals surface area contributed by atoms with Crippen molar-refractivity contribution in [2.45, 2.75) is 38.3 Å². The maximum atomic E-state index is 13.4. The molecule has 10 nitrogen and oxygen atoms in total. The van der Waals surface area contributed by atoms with Crippen LogP contribution in [0.5, 0.6) is 0 Å². The number of halogens is 3. The van der Waals surface area contributed by atoms with Crippen LogP contribution in [-0.4, -0.2) is 101 Å². The van der Waals surface area contributed by atoms with E-state index in [0.29, 0.717) is 30.3 Å². The van der Waals surface area contributed by atoms with Gasteiger partial charge in [0.05, 0.1) is 16.3 Å². The van der Waals surface area contributed by atoms with Crippen LogP contribution in [0.4, 0.5) is 24.5 Å². The Bertz CT molecular complexity index is 1310. The Hall–Kier alpha value is -3.36. The highest BCUT2D eigenvalue weighted by Crippen LogP contribution is 2.30. The van der Waals surface area contributed by atoms with E-state index >= 15 is 0 Å². The van der Waals surface area contributed by atoms with E-state index in [1.807, 2.05) is 44.1 Å². The third-order valence-electron chi connectivity index (χ3n) is 6.55. The molecule has 1 amide bonds. The number of hydrogen-bond donors (Lipinski definition) is 3. The smallest absolute Gasteiger partial charge is 0.475 e. The van der Waals surface area contributed by atoms with Gasteiger partial charge in [0.2, 0.25) is 0 Å². The summed E-state index contributed by atoms with van der Waals surface area (Å²) in [4.78, 5) is 28.4. The van der Waals surface area contributed by atoms with Crippen LogP contribution in [0.15, 0.2) is 47.4 Å². The van der Waals surface area contributed by atoms with Gasteiger partial charge >= 0.3 is 12.1 Å². The highest BCUT2D eigenvalue weighted by atomic mass is 32.2. The average Bonchev–Trinajstić information content (AvgIpc) is 2.93. The molecule has 0 aliphatic carbocycles. The van der Waals surface area contributed by atoms with Crippen molar-refractivity contribution in [1.82, 2.24) is 15.1 Å². The number of benzene rings is 2. The molecule has 2 aromatic carbocycles. The molecule has 1 aliphatic heterocycles. The summed E-state index contributed by atoms with van der Waals surface area (Å²) >= 11 is 0. The number of anilines is 2. The molecule has 0 saturated carbocycles. The Labute approximate surface area is 251 Å². The van der Waals surface area contributed by atoms with Crippen molar-refractivity contribution >= 4 is 33.3 Å². The first kappa shape index (κ1) is 35.8. The lowest BCUT2D eigenvalue weighted by molar-refractivity contribution is -0.192. The predicted octanol–water partition coefficient (Wildman–Crippen LogP) is 3.75. The highest BCUT2D eigenvalue weighted by molar-refractivity contribution is 7.92. The molecule has 0 aromatic heterocycles. The van der Waals surface area contributed by atoms with Crippen molar-refractivity contribution < 1.29 is 36.3 Å². The molecule has 1 heterocycles. The molecule has 240 valence electrons. The number of rotatable bonds is 11. The molecule has 3 rings (SSSR count). The summed E-state index contributed by atoms with van der Waals surface area (Å²) in [6.45, 7) is 11.3. The first-order chi connectivity index (χ1) is 20.0. The number of amides is 1. The number of hydrogen-bond acceptors (Lipinski definition) is 7. The van der Waals surface area contributed by atoms with Crippen LogP contribution in [0, 0.1) is 5.92 Å². The zero-order chi connectivity index (χ0) is 32.4. The van der Waals surface area contributed by atoms with E-state index in [-0.39, 0.29) is 10.8 Å². The maximum Gasteiger partial charge on any atom is 0.490 e. The van der Waals surface area contributed by atoms with Crippen LogP contribution in [0.25, 0.3) is 0 Å². The number of piperazine rings is 1. The van der Waals surface area contributed by atoms with E-state index in [9.17, 15) is 26.4 Å². The minimum absolute atomic E-state index is 0.107. The lowest BCUT2D eigenvalue weighted by Crippen LogP contribution is -2.44. The van der Waals surface area contributed by atoms with Gasteiger partial charge in [-0.05, 0) is 69.3 Å². The number of sulfonamides is 1. The summed E-state index contributed by atoms with van der Waals surface area (Å²) in [5.74, 6) is -2.37. The monoisotopic (exact) mass is 629 g/mol. The van der Waals surface area contributed by atoms with Crippen LogP contribution >= 0.6 is 0 Å². The van der Waals surface area contributed by atoms with Crippen molar-refractivity contribution in [3.8, 4) is 0 Å². The Morgan fingerprint density at radius 2 is 1.63 bits per heavy atom. The standard InChI is InChI=1S/C27H41N5O3S.C2HF3O2/c1-6-31(18-17-30(4)5)27(33)23-9-12-26(32-15-13-28-14-16-32)25(20-23)29-36(34,35)24-10-7-22(8-11-24)19-21(2)3;3-2(4,5)1(6)7/h7-12,20-21,28-29H,6,13-19H2,1-5H3;(H,6,7). The number of carboxylic acids is 1. The summed E-state index contributed by atoms with van der Waals surface area (Å²) in [6.07, 6.45) is -4.19. The SMILES string of the molecule is CCN(CCN(C)C)C(=O)c1ccc(N2CCNCC2)c(NS(=O)(=O)c2ccc(CC(C)C)cc2)c1.O=C(O)C(F)(F)F. The van der Waals surface area contributed by atoms with Gasteiger partial charge in [-0.25, -0.2) is 13.2 Å². The van der Waals surface area contributed by atoms with Gasteiger partial charge in [0, 0.05) is 51.4 Å². The molecule has 0 spiro atoms.